The summed E-state index contributed by atoms with van der Waals surface area (Å²) in [5.41, 5.74) is 2.37. The van der Waals surface area contributed by atoms with Crippen molar-refractivity contribution in [1.82, 2.24) is 4.98 Å². The number of aryl methyl sites for hydroxylation is 1. The first-order valence-electron chi connectivity index (χ1n) is 3.89. The van der Waals surface area contributed by atoms with Gasteiger partial charge in [-0.2, -0.15) is 0 Å². The average molecular weight is 175 g/mol. The van der Waals surface area contributed by atoms with Crippen LogP contribution >= 0.6 is 9.24 Å². The fourth-order valence-corrected chi connectivity index (χ4v) is 1.68. The van der Waals surface area contributed by atoms with Gasteiger partial charge in [0.15, 0.2) is 0 Å². The van der Waals surface area contributed by atoms with Gasteiger partial charge in [-0.25, -0.2) is 0 Å². The molecular weight excluding hydrogens is 165 g/mol. The van der Waals surface area contributed by atoms with Gasteiger partial charge in [-0.1, -0.05) is 18.2 Å². The largest absolute Gasteiger partial charge is 0.256 e. The Morgan fingerprint density at radius 2 is 2.08 bits per heavy atom. The highest BCUT2D eigenvalue weighted by Gasteiger charge is 1.98. The Morgan fingerprint density at radius 1 is 1.25 bits per heavy atom. The minimum Gasteiger partial charge on any atom is -0.256 e. The lowest BCUT2D eigenvalue weighted by Gasteiger charge is -2.02. The van der Waals surface area contributed by atoms with E-state index in [4.69, 9.17) is 0 Å². The van der Waals surface area contributed by atoms with Crippen molar-refractivity contribution in [3.8, 4) is 0 Å². The molecule has 1 heterocycles. The van der Waals surface area contributed by atoms with E-state index in [2.05, 4.69) is 39.3 Å². The number of aromatic nitrogens is 1. The molecule has 2 heteroatoms. The van der Waals surface area contributed by atoms with Crippen LogP contribution in [0.3, 0.4) is 0 Å². The normalized spacial score (nSPS) is 10.5. The van der Waals surface area contributed by atoms with Crippen LogP contribution in [0.2, 0.25) is 0 Å². The van der Waals surface area contributed by atoms with E-state index in [-0.39, 0.29) is 0 Å². The van der Waals surface area contributed by atoms with E-state index in [9.17, 15) is 0 Å². The van der Waals surface area contributed by atoms with E-state index in [1.807, 2.05) is 12.3 Å². The number of hydrogen-bond donors (Lipinski definition) is 0. The Kier molecular flexibility index (Phi) is 1.82. The third-order valence-corrected chi connectivity index (χ3v) is 2.49. The first kappa shape index (κ1) is 7.70. The van der Waals surface area contributed by atoms with Crippen LogP contribution in [0.5, 0.6) is 0 Å². The number of benzene rings is 1. The lowest BCUT2D eigenvalue weighted by molar-refractivity contribution is 1.38. The van der Waals surface area contributed by atoms with Crippen molar-refractivity contribution in [3.63, 3.8) is 0 Å². The van der Waals surface area contributed by atoms with Crippen molar-refractivity contribution < 1.29 is 0 Å². The minimum absolute atomic E-state index is 1.09. The quantitative estimate of drug-likeness (QED) is 0.558. The molecule has 0 saturated carbocycles. The maximum Gasteiger partial charge on any atom is 0.0775 e. The summed E-state index contributed by atoms with van der Waals surface area (Å²) in [6, 6.07) is 8.25. The molecule has 60 valence electrons. The highest BCUT2D eigenvalue weighted by atomic mass is 31.0. The van der Waals surface area contributed by atoms with Crippen molar-refractivity contribution in [2.75, 3.05) is 0 Å². The van der Waals surface area contributed by atoms with Crippen molar-refractivity contribution in [2.45, 2.75) is 6.92 Å². The minimum atomic E-state index is 1.09. The molecule has 0 amide bonds. The second-order valence-corrected chi connectivity index (χ2v) is 3.49. The van der Waals surface area contributed by atoms with Crippen LogP contribution in [0.1, 0.15) is 5.56 Å². The first-order chi connectivity index (χ1) is 5.79. The van der Waals surface area contributed by atoms with Gasteiger partial charge < -0.3 is 0 Å². The third-order valence-electron chi connectivity index (χ3n) is 2.02. The molecule has 1 nitrogen and oxygen atoms in total. The van der Waals surface area contributed by atoms with Crippen molar-refractivity contribution in [1.29, 1.82) is 0 Å². The fraction of sp³-hybridized carbons (Fsp3) is 0.100. The van der Waals surface area contributed by atoms with E-state index < -0.39 is 0 Å². The summed E-state index contributed by atoms with van der Waals surface area (Å²) in [5, 5.41) is 2.40. The van der Waals surface area contributed by atoms with Crippen LogP contribution in [-0.2, 0) is 0 Å². The predicted octanol–water partition coefficient (Wildman–Crippen LogP) is 2.04. The third kappa shape index (κ3) is 1.11. The molecule has 0 aliphatic rings. The summed E-state index contributed by atoms with van der Waals surface area (Å²) in [5.74, 6) is 0. The summed E-state index contributed by atoms with van der Waals surface area (Å²) >= 11 is 0. The van der Waals surface area contributed by atoms with E-state index in [0.29, 0.717) is 0 Å². The van der Waals surface area contributed by atoms with Crippen LogP contribution < -0.4 is 5.30 Å². The number of fused-ring (bicyclic) bond motifs is 1. The number of para-hydroxylation sites is 1. The molecule has 1 aromatic carbocycles. The lowest BCUT2D eigenvalue weighted by Crippen LogP contribution is -1.95. The van der Waals surface area contributed by atoms with E-state index in [0.717, 1.165) is 10.8 Å². The Bertz CT molecular complexity index is 382. The summed E-state index contributed by atoms with van der Waals surface area (Å²) < 4.78 is 0. The molecule has 0 N–H and O–H groups in total. The van der Waals surface area contributed by atoms with Crippen molar-refractivity contribution >= 4 is 25.4 Å². The molecule has 1 unspecified atom stereocenters. The molecule has 0 bridgehead atoms. The molecule has 0 radical (unpaired) electrons. The summed E-state index contributed by atoms with van der Waals surface area (Å²) in [4.78, 5) is 4.32. The molecule has 2 aromatic rings. The van der Waals surface area contributed by atoms with Crippen molar-refractivity contribution in [2.24, 2.45) is 0 Å². The molecule has 0 saturated heterocycles. The van der Waals surface area contributed by atoms with Gasteiger partial charge in [0.05, 0.1) is 5.52 Å². The predicted molar refractivity (Wildman–Crippen MR) is 55.8 cm³/mol. The molecular formula is C10H10NP. The second-order valence-electron chi connectivity index (χ2n) is 2.87. The van der Waals surface area contributed by atoms with Crippen LogP contribution in [0.15, 0.2) is 30.5 Å². The topological polar surface area (TPSA) is 12.9 Å². The van der Waals surface area contributed by atoms with E-state index in [1.165, 1.54) is 10.9 Å². The summed E-state index contributed by atoms with van der Waals surface area (Å²) in [7, 11) is 2.70. The number of pyridine rings is 1. The zero-order valence-corrected chi connectivity index (χ0v) is 8.07. The zero-order chi connectivity index (χ0) is 8.55. The number of hydrogen-bond acceptors (Lipinski definition) is 1. The van der Waals surface area contributed by atoms with Gasteiger partial charge in [0.25, 0.3) is 0 Å². The summed E-state index contributed by atoms with van der Waals surface area (Å²) in [6.07, 6.45) is 1.85. The molecule has 12 heavy (non-hydrogen) atoms. The van der Waals surface area contributed by atoms with Gasteiger partial charge >= 0.3 is 0 Å². The second kappa shape index (κ2) is 2.84. The van der Waals surface area contributed by atoms with Gasteiger partial charge in [0.1, 0.15) is 0 Å². The Balaban J connectivity index is 2.94. The Labute approximate surface area is 74.0 Å². The maximum atomic E-state index is 4.32. The Morgan fingerprint density at radius 3 is 2.83 bits per heavy atom. The SMILES string of the molecule is Cc1ccnc2c(P)cccc12. The average Bonchev–Trinajstić information content (AvgIpc) is 2.07. The smallest absolute Gasteiger partial charge is 0.0775 e. The van der Waals surface area contributed by atoms with Crippen molar-refractivity contribution in [3.05, 3.63) is 36.0 Å². The molecule has 1 atom stereocenters. The fourth-order valence-electron chi connectivity index (χ4n) is 1.34. The standard InChI is InChI=1S/C10H10NP/c1-7-5-6-11-10-8(7)3-2-4-9(10)12/h2-6H,12H2,1H3. The van der Waals surface area contributed by atoms with Gasteiger partial charge in [0, 0.05) is 11.6 Å². The van der Waals surface area contributed by atoms with Crippen LogP contribution in [0, 0.1) is 6.92 Å². The molecule has 1 aromatic heterocycles. The maximum absolute atomic E-state index is 4.32. The van der Waals surface area contributed by atoms with Gasteiger partial charge in [-0.3, -0.25) is 4.98 Å². The molecule has 2 rings (SSSR count). The molecule has 0 fully saturated rings. The van der Waals surface area contributed by atoms with Gasteiger partial charge in [-0.05, 0) is 23.9 Å². The first-order valence-corrected chi connectivity index (χ1v) is 4.46. The summed E-state index contributed by atoms with van der Waals surface area (Å²) in [6.45, 7) is 2.11. The lowest BCUT2D eigenvalue weighted by atomic mass is 10.1. The van der Waals surface area contributed by atoms with Crippen LogP contribution in [-0.4, -0.2) is 4.98 Å². The Hall–Kier alpha value is -0.940. The van der Waals surface area contributed by atoms with Crippen LogP contribution in [0.4, 0.5) is 0 Å². The molecule has 0 spiro atoms. The number of nitrogens with zero attached hydrogens (tertiary/aromatic N) is 1. The van der Waals surface area contributed by atoms with E-state index in [1.54, 1.807) is 0 Å². The molecule has 0 aliphatic carbocycles. The highest BCUT2D eigenvalue weighted by Crippen LogP contribution is 2.14. The van der Waals surface area contributed by atoms with Gasteiger partial charge in [-0.15, -0.1) is 9.24 Å². The molecule has 0 aliphatic heterocycles. The van der Waals surface area contributed by atoms with E-state index >= 15 is 0 Å². The highest BCUT2D eigenvalue weighted by molar-refractivity contribution is 7.28. The zero-order valence-electron chi connectivity index (χ0n) is 6.91. The van der Waals surface area contributed by atoms with Gasteiger partial charge in [0.2, 0.25) is 0 Å². The number of rotatable bonds is 0. The monoisotopic (exact) mass is 175 g/mol. The van der Waals surface area contributed by atoms with Crippen LogP contribution in [0.25, 0.3) is 10.9 Å².